The second-order valence-electron chi connectivity index (χ2n) is 3.86. The molecule has 2 aliphatic heterocycles. The lowest BCUT2D eigenvalue weighted by Gasteiger charge is -2.31. The van der Waals surface area contributed by atoms with Crippen molar-refractivity contribution in [2.75, 3.05) is 6.61 Å². The predicted octanol–water partition coefficient (Wildman–Crippen LogP) is -0.784. The SMILES string of the molecule is CC1(C)O[C@H]2[C@H](O1)[C@@H](O)OC[C@@H]2O. The zero-order valence-corrected chi connectivity index (χ0v) is 7.64. The Bertz CT molecular complexity index is 185. The average molecular weight is 190 g/mol. The van der Waals surface area contributed by atoms with Gasteiger partial charge in [0.1, 0.15) is 18.3 Å². The first-order valence-corrected chi connectivity index (χ1v) is 4.33. The summed E-state index contributed by atoms with van der Waals surface area (Å²) < 4.78 is 15.7. The van der Waals surface area contributed by atoms with E-state index in [2.05, 4.69) is 0 Å². The maximum absolute atomic E-state index is 9.49. The molecular weight excluding hydrogens is 176 g/mol. The summed E-state index contributed by atoms with van der Waals surface area (Å²) in [4.78, 5) is 0. The van der Waals surface area contributed by atoms with Gasteiger partial charge in [-0.1, -0.05) is 0 Å². The molecule has 2 aliphatic rings. The number of ether oxygens (including phenoxy) is 3. The van der Waals surface area contributed by atoms with Crippen molar-refractivity contribution in [3.8, 4) is 0 Å². The third kappa shape index (κ3) is 1.58. The van der Waals surface area contributed by atoms with Crippen LogP contribution in [0.4, 0.5) is 0 Å². The van der Waals surface area contributed by atoms with Crippen molar-refractivity contribution in [2.45, 2.75) is 44.2 Å². The van der Waals surface area contributed by atoms with E-state index >= 15 is 0 Å². The molecule has 0 saturated carbocycles. The zero-order valence-electron chi connectivity index (χ0n) is 7.64. The maximum atomic E-state index is 9.49. The average Bonchev–Trinajstić information content (AvgIpc) is 2.35. The normalized spacial score (nSPS) is 48.9. The summed E-state index contributed by atoms with van der Waals surface area (Å²) in [5, 5.41) is 18.9. The second kappa shape index (κ2) is 2.90. The molecular formula is C8H14O5. The van der Waals surface area contributed by atoms with Crippen molar-refractivity contribution in [3.05, 3.63) is 0 Å². The van der Waals surface area contributed by atoms with Crippen molar-refractivity contribution in [3.63, 3.8) is 0 Å². The van der Waals surface area contributed by atoms with E-state index in [1.165, 1.54) is 0 Å². The summed E-state index contributed by atoms with van der Waals surface area (Å²) in [6, 6.07) is 0. The van der Waals surface area contributed by atoms with Crippen LogP contribution in [-0.2, 0) is 14.2 Å². The summed E-state index contributed by atoms with van der Waals surface area (Å²) in [6.45, 7) is 3.57. The molecule has 76 valence electrons. The summed E-state index contributed by atoms with van der Waals surface area (Å²) in [5.74, 6) is -0.759. The van der Waals surface area contributed by atoms with E-state index < -0.39 is 30.4 Å². The summed E-state index contributed by atoms with van der Waals surface area (Å²) >= 11 is 0. The molecule has 0 aliphatic carbocycles. The van der Waals surface area contributed by atoms with Crippen molar-refractivity contribution in [2.24, 2.45) is 0 Å². The molecule has 2 rings (SSSR count). The fourth-order valence-corrected chi connectivity index (χ4v) is 1.72. The third-order valence-corrected chi connectivity index (χ3v) is 2.26. The van der Waals surface area contributed by atoms with Crippen LogP contribution in [0.25, 0.3) is 0 Å². The van der Waals surface area contributed by atoms with E-state index in [0.29, 0.717) is 0 Å². The van der Waals surface area contributed by atoms with Gasteiger partial charge in [-0.05, 0) is 13.8 Å². The zero-order chi connectivity index (χ0) is 9.64. The Balaban J connectivity index is 2.14. The van der Waals surface area contributed by atoms with E-state index in [0.717, 1.165) is 0 Å². The van der Waals surface area contributed by atoms with Crippen LogP contribution in [0.3, 0.4) is 0 Å². The van der Waals surface area contributed by atoms with Gasteiger partial charge in [0, 0.05) is 0 Å². The first-order chi connectivity index (χ1) is 5.99. The van der Waals surface area contributed by atoms with E-state index in [-0.39, 0.29) is 6.61 Å². The Kier molecular flexibility index (Phi) is 2.08. The molecule has 5 heteroatoms. The van der Waals surface area contributed by atoms with Crippen LogP contribution >= 0.6 is 0 Å². The number of aliphatic hydroxyl groups excluding tert-OH is 2. The van der Waals surface area contributed by atoms with Gasteiger partial charge in [-0.3, -0.25) is 0 Å². The van der Waals surface area contributed by atoms with Crippen molar-refractivity contribution in [1.82, 2.24) is 0 Å². The van der Waals surface area contributed by atoms with E-state index in [9.17, 15) is 10.2 Å². The molecule has 4 atom stereocenters. The Morgan fingerprint density at radius 3 is 2.38 bits per heavy atom. The highest BCUT2D eigenvalue weighted by Crippen LogP contribution is 2.34. The Labute approximate surface area is 76.2 Å². The molecule has 5 nitrogen and oxygen atoms in total. The lowest BCUT2D eigenvalue weighted by molar-refractivity contribution is -0.225. The highest BCUT2D eigenvalue weighted by atomic mass is 16.8. The number of hydrogen-bond acceptors (Lipinski definition) is 5. The minimum atomic E-state index is -1.00. The van der Waals surface area contributed by atoms with Crippen molar-refractivity contribution >= 4 is 0 Å². The van der Waals surface area contributed by atoms with Crippen LogP contribution in [0.15, 0.2) is 0 Å². The van der Waals surface area contributed by atoms with Gasteiger partial charge >= 0.3 is 0 Å². The molecule has 0 aromatic rings. The van der Waals surface area contributed by atoms with Crippen LogP contribution in [0.5, 0.6) is 0 Å². The van der Waals surface area contributed by atoms with E-state index in [1.54, 1.807) is 13.8 Å². The quantitative estimate of drug-likeness (QED) is 0.524. The summed E-state index contributed by atoms with van der Waals surface area (Å²) in [6.07, 6.45) is -2.80. The molecule has 0 aromatic heterocycles. The first-order valence-electron chi connectivity index (χ1n) is 4.33. The largest absolute Gasteiger partial charge is 0.388 e. The fraction of sp³-hybridized carbons (Fsp3) is 1.00. The van der Waals surface area contributed by atoms with Crippen molar-refractivity contribution in [1.29, 1.82) is 0 Å². The van der Waals surface area contributed by atoms with Gasteiger partial charge < -0.3 is 24.4 Å². The lowest BCUT2D eigenvalue weighted by atomic mass is 10.1. The Morgan fingerprint density at radius 2 is 1.77 bits per heavy atom. The molecule has 2 saturated heterocycles. The van der Waals surface area contributed by atoms with Gasteiger partial charge in [-0.15, -0.1) is 0 Å². The highest BCUT2D eigenvalue weighted by Gasteiger charge is 2.51. The third-order valence-electron chi connectivity index (χ3n) is 2.26. The van der Waals surface area contributed by atoms with Crippen LogP contribution in [-0.4, -0.2) is 47.2 Å². The molecule has 0 bridgehead atoms. The van der Waals surface area contributed by atoms with Crippen LogP contribution in [0.2, 0.25) is 0 Å². The van der Waals surface area contributed by atoms with E-state index in [4.69, 9.17) is 14.2 Å². The van der Waals surface area contributed by atoms with Gasteiger partial charge in [-0.2, -0.15) is 0 Å². The van der Waals surface area contributed by atoms with Crippen molar-refractivity contribution < 1.29 is 24.4 Å². The second-order valence-corrected chi connectivity index (χ2v) is 3.86. The molecule has 0 aromatic carbocycles. The van der Waals surface area contributed by atoms with Gasteiger partial charge in [0.25, 0.3) is 0 Å². The molecule has 13 heavy (non-hydrogen) atoms. The number of rotatable bonds is 0. The first kappa shape index (κ1) is 9.36. The lowest BCUT2D eigenvalue weighted by Crippen LogP contribution is -2.51. The molecule has 2 fully saturated rings. The molecule has 2 heterocycles. The maximum Gasteiger partial charge on any atom is 0.184 e. The Morgan fingerprint density at radius 1 is 1.15 bits per heavy atom. The molecule has 0 amide bonds. The van der Waals surface area contributed by atoms with Gasteiger partial charge in [0.2, 0.25) is 0 Å². The number of aliphatic hydroxyl groups is 2. The summed E-state index contributed by atoms with van der Waals surface area (Å²) in [5.41, 5.74) is 0. The molecule has 0 unspecified atom stereocenters. The molecule has 0 spiro atoms. The van der Waals surface area contributed by atoms with Gasteiger partial charge in [0.15, 0.2) is 12.1 Å². The Hall–Kier alpha value is -0.200. The summed E-state index contributed by atoms with van der Waals surface area (Å²) in [7, 11) is 0. The fourth-order valence-electron chi connectivity index (χ4n) is 1.72. The number of hydrogen-bond donors (Lipinski definition) is 2. The molecule has 2 N–H and O–H groups in total. The minimum Gasteiger partial charge on any atom is -0.388 e. The van der Waals surface area contributed by atoms with Crippen LogP contribution < -0.4 is 0 Å². The van der Waals surface area contributed by atoms with Gasteiger partial charge in [-0.25, -0.2) is 0 Å². The standard InChI is InChI=1S/C8H14O5/c1-8(2)12-5-4(9)3-11-7(10)6(5)13-8/h4-7,9-10H,3H2,1-2H3/t4-,5+,6-,7-/m0/s1. The van der Waals surface area contributed by atoms with E-state index in [1.807, 2.05) is 0 Å². The number of fused-ring (bicyclic) bond motifs is 1. The topological polar surface area (TPSA) is 68.2 Å². The molecule has 0 radical (unpaired) electrons. The highest BCUT2D eigenvalue weighted by molar-refractivity contribution is 4.91. The van der Waals surface area contributed by atoms with Crippen LogP contribution in [0.1, 0.15) is 13.8 Å². The van der Waals surface area contributed by atoms with Crippen LogP contribution in [0, 0.1) is 0 Å². The minimum absolute atomic E-state index is 0.0851. The predicted molar refractivity (Wildman–Crippen MR) is 41.8 cm³/mol. The smallest absolute Gasteiger partial charge is 0.184 e. The van der Waals surface area contributed by atoms with Gasteiger partial charge in [0.05, 0.1) is 6.61 Å². The monoisotopic (exact) mass is 190 g/mol.